The van der Waals surface area contributed by atoms with Gasteiger partial charge >= 0.3 is 0 Å². The molecule has 0 radical (unpaired) electrons. The summed E-state index contributed by atoms with van der Waals surface area (Å²) in [5, 5.41) is 0. The van der Waals surface area contributed by atoms with E-state index in [0.717, 1.165) is 17.3 Å². The number of anilines is 1. The molecule has 0 heterocycles. The standard InChI is InChI=1S/C16H19NOS/c1-13-6-2-3-7-14(13)12-19-11-10-18-16-9-5-4-8-15(16)17/h2-9H,10-12,17H2,1H3. The summed E-state index contributed by atoms with van der Waals surface area (Å²) in [4.78, 5) is 0. The molecule has 100 valence electrons. The van der Waals surface area contributed by atoms with Crippen LogP contribution >= 0.6 is 11.8 Å². The minimum atomic E-state index is 0.685. The minimum Gasteiger partial charge on any atom is -0.491 e. The number of thioether (sulfide) groups is 1. The number of rotatable bonds is 6. The van der Waals surface area contributed by atoms with Crippen molar-refractivity contribution in [3.63, 3.8) is 0 Å². The van der Waals surface area contributed by atoms with Gasteiger partial charge in [-0.3, -0.25) is 0 Å². The molecule has 2 aromatic carbocycles. The lowest BCUT2D eigenvalue weighted by molar-refractivity contribution is 0.346. The maximum Gasteiger partial charge on any atom is 0.142 e. The quantitative estimate of drug-likeness (QED) is 0.640. The predicted octanol–water partition coefficient (Wildman–Crippen LogP) is 3.89. The molecule has 0 spiro atoms. The molecule has 2 rings (SSSR count). The highest BCUT2D eigenvalue weighted by molar-refractivity contribution is 7.98. The van der Waals surface area contributed by atoms with Gasteiger partial charge in [-0.1, -0.05) is 36.4 Å². The molecule has 0 unspecified atom stereocenters. The zero-order valence-electron chi connectivity index (χ0n) is 11.1. The molecule has 0 saturated carbocycles. The van der Waals surface area contributed by atoms with E-state index in [0.29, 0.717) is 12.3 Å². The van der Waals surface area contributed by atoms with Gasteiger partial charge in [0.15, 0.2) is 0 Å². The highest BCUT2D eigenvalue weighted by atomic mass is 32.2. The van der Waals surface area contributed by atoms with E-state index in [2.05, 4.69) is 31.2 Å². The van der Waals surface area contributed by atoms with Crippen LogP contribution in [0.1, 0.15) is 11.1 Å². The van der Waals surface area contributed by atoms with Gasteiger partial charge in [-0.15, -0.1) is 0 Å². The summed E-state index contributed by atoms with van der Waals surface area (Å²) in [6.07, 6.45) is 0. The van der Waals surface area contributed by atoms with Crippen LogP contribution in [0.5, 0.6) is 5.75 Å². The summed E-state index contributed by atoms with van der Waals surface area (Å²) in [5.41, 5.74) is 9.26. The number of ether oxygens (including phenoxy) is 1. The topological polar surface area (TPSA) is 35.2 Å². The van der Waals surface area contributed by atoms with Gasteiger partial charge in [-0.25, -0.2) is 0 Å². The largest absolute Gasteiger partial charge is 0.491 e. The third kappa shape index (κ3) is 4.21. The van der Waals surface area contributed by atoms with Crippen LogP contribution in [0.15, 0.2) is 48.5 Å². The Balaban J connectivity index is 1.71. The third-order valence-electron chi connectivity index (χ3n) is 2.92. The maximum atomic E-state index is 5.81. The molecule has 2 N–H and O–H groups in total. The number of nitrogens with two attached hydrogens (primary N) is 1. The van der Waals surface area contributed by atoms with Gasteiger partial charge in [-0.2, -0.15) is 11.8 Å². The van der Waals surface area contributed by atoms with E-state index in [9.17, 15) is 0 Å². The Morgan fingerprint density at radius 1 is 1.05 bits per heavy atom. The molecule has 0 aliphatic heterocycles. The van der Waals surface area contributed by atoms with E-state index in [1.165, 1.54) is 11.1 Å². The van der Waals surface area contributed by atoms with Crippen molar-refractivity contribution < 1.29 is 4.74 Å². The number of hydrogen-bond donors (Lipinski definition) is 1. The van der Waals surface area contributed by atoms with E-state index >= 15 is 0 Å². The molecule has 0 aliphatic carbocycles. The Morgan fingerprint density at radius 2 is 1.79 bits per heavy atom. The lowest BCUT2D eigenvalue weighted by atomic mass is 10.1. The van der Waals surface area contributed by atoms with Crippen LogP contribution in [-0.4, -0.2) is 12.4 Å². The van der Waals surface area contributed by atoms with Crippen molar-refractivity contribution in [2.45, 2.75) is 12.7 Å². The summed E-state index contributed by atoms with van der Waals surface area (Å²) < 4.78 is 5.66. The van der Waals surface area contributed by atoms with E-state index < -0.39 is 0 Å². The molecule has 0 amide bonds. The van der Waals surface area contributed by atoms with E-state index in [4.69, 9.17) is 10.5 Å². The Bertz CT molecular complexity index is 480. The van der Waals surface area contributed by atoms with Crippen LogP contribution < -0.4 is 10.5 Å². The van der Waals surface area contributed by atoms with Gasteiger partial charge in [0.1, 0.15) is 5.75 Å². The van der Waals surface area contributed by atoms with E-state index in [-0.39, 0.29) is 0 Å². The Morgan fingerprint density at radius 3 is 2.58 bits per heavy atom. The van der Waals surface area contributed by atoms with Crippen molar-refractivity contribution in [3.8, 4) is 5.75 Å². The lowest BCUT2D eigenvalue weighted by Gasteiger charge is -2.09. The molecule has 0 saturated heterocycles. The first-order chi connectivity index (χ1) is 9.27. The molecule has 3 heteroatoms. The fourth-order valence-electron chi connectivity index (χ4n) is 1.78. The molecule has 19 heavy (non-hydrogen) atoms. The molecule has 0 aromatic heterocycles. The molecular weight excluding hydrogens is 254 g/mol. The first-order valence-electron chi connectivity index (χ1n) is 6.37. The van der Waals surface area contributed by atoms with Gasteiger partial charge in [0.2, 0.25) is 0 Å². The number of benzene rings is 2. The second kappa shape index (κ2) is 7.10. The average molecular weight is 273 g/mol. The van der Waals surface area contributed by atoms with Gasteiger partial charge in [0, 0.05) is 11.5 Å². The third-order valence-corrected chi connectivity index (χ3v) is 3.89. The van der Waals surface area contributed by atoms with Crippen LogP contribution in [0, 0.1) is 6.92 Å². The Labute approximate surface area is 119 Å². The van der Waals surface area contributed by atoms with Crippen molar-refractivity contribution in [1.82, 2.24) is 0 Å². The summed E-state index contributed by atoms with van der Waals surface area (Å²) in [7, 11) is 0. The van der Waals surface area contributed by atoms with Crippen LogP contribution in [0.3, 0.4) is 0 Å². The minimum absolute atomic E-state index is 0.685. The van der Waals surface area contributed by atoms with Crippen molar-refractivity contribution in [1.29, 1.82) is 0 Å². The zero-order valence-corrected chi connectivity index (χ0v) is 12.0. The molecule has 0 bridgehead atoms. The van der Waals surface area contributed by atoms with E-state index in [1.807, 2.05) is 36.0 Å². The van der Waals surface area contributed by atoms with Crippen LogP contribution in [0.2, 0.25) is 0 Å². The molecule has 0 atom stereocenters. The summed E-state index contributed by atoms with van der Waals surface area (Å²) in [6.45, 7) is 2.84. The SMILES string of the molecule is Cc1ccccc1CSCCOc1ccccc1N. The van der Waals surface area contributed by atoms with Crippen molar-refractivity contribution in [3.05, 3.63) is 59.7 Å². The second-order valence-electron chi connectivity index (χ2n) is 4.37. The monoisotopic (exact) mass is 273 g/mol. The molecule has 0 aliphatic rings. The molecular formula is C16H19NOS. The number of hydrogen-bond acceptors (Lipinski definition) is 3. The van der Waals surface area contributed by atoms with Crippen molar-refractivity contribution >= 4 is 17.4 Å². The van der Waals surface area contributed by atoms with Gasteiger partial charge in [-0.05, 0) is 30.2 Å². The smallest absolute Gasteiger partial charge is 0.142 e. The van der Waals surface area contributed by atoms with Gasteiger partial charge in [0.05, 0.1) is 12.3 Å². The molecule has 0 fully saturated rings. The van der Waals surface area contributed by atoms with Crippen LogP contribution in [-0.2, 0) is 5.75 Å². The van der Waals surface area contributed by atoms with E-state index in [1.54, 1.807) is 0 Å². The Kier molecular flexibility index (Phi) is 5.16. The summed E-state index contributed by atoms with van der Waals surface area (Å²) >= 11 is 1.88. The maximum absolute atomic E-state index is 5.81. The zero-order chi connectivity index (χ0) is 13.5. The fraction of sp³-hybridized carbons (Fsp3) is 0.250. The lowest BCUT2D eigenvalue weighted by Crippen LogP contribution is -2.02. The summed E-state index contributed by atoms with van der Waals surface area (Å²) in [6, 6.07) is 16.1. The highest BCUT2D eigenvalue weighted by Crippen LogP contribution is 2.20. The average Bonchev–Trinajstić information content (AvgIpc) is 2.42. The number of para-hydroxylation sites is 2. The van der Waals surface area contributed by atoms with Gasteiger partial charge < -0.3 is 10.5 Å². The second-order valence-corrected chi connectivity index (χ2v) is 5.47. The fourth-order valence-corrected chi connectivity index (χ4v) is 2.67. The van der Waals surface area contributed by atoms with Crippen molar-refractivity contribution in [2.24, 2.45) is 0 Å². The highest BCUT2D eigenvalue weighted by Gasteiger charge is 2.00. The van der Waals surface area contributed by atoms with Crippen molar-refractivity contribution in [2.75, 3.05) is 18.1 Å². The predicted molar refractivity (Wildman–Crippen MR) is 83.7 cm³/mol. The Hall–Kier alpha value is -1.61. The van der Waals surface area contributed by atoms with Crippen LogP contribution in [0.4, 0.5) is 5.69 Å². The number of aryl methyl sites for hydroxylation is 1. The molecule has 2 aromatic rings. The molecule has 2 nitrogen and oxygen atoms in total. The van der Waals surface area contributed by atoms with Crippen LogP contribution in [0.25, 0.3) is 0 Å². The summed E-state index contributed by atoms with van der Waals surface area (Å²) in [5.74, 6) is 2.77. The first-order valence-corrected chi connectivity index (χ1v) is 7.52. The normalized spacial score (nSPS) is 10.4. The van der Waals surface area contributed by atoms with Gasteiger partial charge in [0.25, 0.3) is 0 Å². The number of nitrogen functional groups attached to an aromatic ring is 1. The first kappa shape index (κ1) is 13.8.